The zero-order valence-electron chi connectivity index (χ0n) is 11.6. The summed E-state index contributed by atoms with van der Waals surface area (Å²) in [7, 11) is 0. The lowest BCUT2D eigenvalue weighted by atomic mass is 10.3. The van der Waals surface area contributed by atoms with Crippen molar-refractivity contribution in [2.45, 2.75) is 4.90 Å². The van der Waals surface area contributed by atoms with E-state index in [1.165, 1.54) is 16.2 Å². The lowest BCUT2D eigenvalue weighted by Crippen LogP contribution is -2.09. The fraction of sp³-hybridized carbons (Fsp3) is 0.0667. The fourth-order valence-corrected chi connectivity index (χ4v) is 4.33. The molecule has 0 radical (unpaired) electrons. The Labute approximate surface area is 138 Å². The van der Waals surface area contributed by atoms with Crippen molar-refractivity contribution in [3.63, 3.8) is 0 Å². The molecule has 0 aliphatic rings. The molecule has 0 aliphatic carbocycles. The number of amides is 1. The zero-order chi connectivity index (χ0) is 15.1. The smallest absolute Gasteiger partial charge is 0.265 e. The summed E-state index contributed by atoms with van der Waals surface area (Å²) >= 11 is 4.69. The van der Waals surface area contributed by atoms with Gasteiger partial charge >= 0.3 is 0 Å². The van der Waals surface area contributed by atoms with Gasteiger partial charge in [0.25, 0.3) is 5.91 Å². The Morgan fingerprint density at radius 1 is 1.32 bits per heavy atom. The molecule has 22 heavy (non-hydrogen) atoms. The first kappa shape index (κ1) is 13.8. The van der Waals surface area contributed by atoms with Crippen LogP contribution in [0.25, 0.3) is 15.3 Å². The van der Waals surface area contributed by atoms with E-state index in [9.17, 15) is 4.79 Å². The Hall–Kier alpha value is -1.83. The highest BCUT2D eigenvalue weighted by atomic mass is 32.2. The van der Waals surface area contributed by atoms with Gasteiger partial charge in [-0.15, -0.1) is 34.4 Å². The molecule has 1 N–H and O–H groups in total. The number of fused-ring (bicyclic) bond motifs is 3. The molecular formula is C15H11N3OS3. The zero-order valence-corrected chi connectivity index (χ0v) is 14.0. The summed E-state index contributed by atoms with van der Waals surface area (Å²) in [5.74, 6) is -0.0936. The van der Waals surface area contributed by atoms with Gasteiger partial charge in [-0.1, -0.05) is 0 Å². The number of benzene rings is 1. The SMILES string of the molecule is CSc1ccc(NC(=O)c2cc3c(nc4sccn43)s2)cc1. The molecule has 4 nitrogen and oxygen atoms in total. The molecule has 0 unspecified atom stereocenters. The number of hydrogen-bond acceptors (Lipinski definition) is 5. The molecule has 0 saturated heterocycles. The number of nitrogens with one attached hydrogen (secondary N) is 1. The van der Waals surface area contributed by atoms with Crippen molar-refractivity contribution in [1.82, 2.24) is 9.38 Å². The molecule has 3 heterocycles. The molecular weight excluding hydrogens is 334 g/mol. The van der Waals surface area contributed by atoms with E-state index in [0.29, 0.717) is 4.88 Å². The number of rotatable bonds is 3. The predicted octanol–water partition coefficient (Wildman–Crippen LogP) is 4.58. The first-order chi connectivity index (χ1) is 10.7. The summed E-state index contributed by atoms with van der Waals surface area (Å²) in [5, 5.41) is 4.92. The molecule has 4 rings (SSSR count). The van der Waals surface area contributed by atoms with Crippen molar-refractivity contribution in [3.8, 4) is 0 Å². The summed E-state index contributed by atoms with van der Waals surface area (Å²) < 4.78 is 2.01. The third kappa shape index (κ3) is 2.31. The Kier molecular flexibility index (Phi) is 3.40. The van der Waals surface area contributed by atoms with E-state index in [4.69, 9.17) is 0 Å². The van der Waals surface area contributed by atoms with Crippen LogP contribution in [0.15, 0.2) is 46.8 Å². The van der Waals surface area contributed by atoms with E-state index in [1.807, 2.05) is 52.6 Å². The summed E-state index contributed by atoms with van der Waals surface area (Å²) in [5.41, 5.74) is 1.79. The summed E-state index contributed by atoms with van der Waals surface area (Å²) in [6.07, 6.45) is 4.01. The minimum absolute atomic E-state index is 0.0936. The largest absolute Gasteiger partial charge is 0.321 e. The number of aromatic nitrogens is 2. The number of nitrogens with zero attached hydrogens (tertiary/aromatic N) is 2. The molecule has 3 aromatic heterocycles. The molecule has 0 bridgehead atoms. The second-order valence-electron chi connectivity index (χ2n) is 4.65. The van der Waals surface area contributed by atoms with Crippen LogP contribution in [-0.4, -0.2) is 21.5 Å². The second-order valence-corrected chi connectivity index (χ2v) is 7.43. The van der Waals surface area contributed by atoms with Gasteiger partial charge in [0, 0.05) is 22.2 Å². The number of carbonyl (C=O) groups excluding carboxylic acids is 1. The molecule has 0 spiro atoms. The van der Waals surface area contributed by atoms with Crippen molar-refractivity contribution >= 4 is 61.3 Å². The van der Waals surface area contributed by atoms with Crippen LogP contribution in [0.2, 0.25) is 0 Å². The topological polar surface area (TPSA) is 46.4 Å². The molecule has 1 amide bonds. The van der Waals surface area contributed by atoms with Crippen molar-refractivity contribution in [2.75, 3.05) is 11.6 Å². The van der Waals surface area contributed by atoms with Crippen molar-refractivity contribution in [2.24, 2.45) is 0 Å². The molecule has 4 aromatic rings. The highest BCUT2D eigenvalue weighted by molar-refractivity contribution is 7.98. The van der Waals surface area contributed by atoms with Crippen LogP contribution in [0, 0.1) is 0 Å². The molecule has 1 aromatic carbocycles. The molecule has 0 fully saturated rings. The van der Waals surface area contributed by atoms with Gasteiger partial charge < -0.3 is 5.32 Å². The Bertz CT molecular complexity index is 965. The molecule has 0 saturated carbocycles. The van der Waals surface area contributed by atoms with E-state index in [1.54, 1.807) is 23.1 Å². The Morgan fingerprint density at radius 2 is 2.14 bits per heavy atom. The average Bonchev–Trinajstić information content (AvgIpc) is 3.19. The number of hydrogen-bond donors (Lipinski definition) is 1. The van der Waals surface area contributed by atoms with Gasteiger partial charge in [-0.3, -0.25) is 9.20 Å². The molecule has 110 valence electrons. The number of thioether (sulfide) groups is 1. The maximum absolute atomic E-state index is 12.4. The van der Waals surface area contributed by atoms with Crippen molar-refractivity contribution in [1.29, 1.82) is 0 Å². The number of thiazole rings is 1. The molecule has 0 atom stereocenters. The maximum Gasteiger partial charge on any atom is 0.265 e. The van der Waals surface area contributed by atoms with E-state index in [0.717, 1.165) is 21.0 Å². The summed E-state index contributed by atoms with van der Waals surface area (Å²) in [4.78, 5) is 20.6. The van der Waals surface area contributed by atoms with Gasteiger partial charge in [-0.05, 0) is 36.6 Å². The Balaban J connectivity index is 1.62. The molecule has 7 heteroatoms. The standard InChI is InChI=1S/C15H11N3OS3/c1-20-10-4-2-9(3-5-10)16-13(19)12-8-11-14(22-12)17-15-18(11)6-7-21-15/h2-8H,1H3,(H,16,19). The van der Waals surface area contributed by atoms with Gasteiger partial charge in [0.15, 0.2) is 4.96 Å². The number of anilines is 1. The quantitative estimate of drug-likeness (QED) is 0.553. The highest BCUT2D eigenvalue weighted by Crippen LogP contribution is 2.28. The minimum atomic E-state index is -0.0936. The van der Waals surface area contributed by atoms with Crippen LogP contribution in [0.4, 0.5) is 5.69 Å². The van der Waals surface area contributed by atoms with Crippen molar-refractivity contribution < 1.29 is 4.79 Å². The van der Waals surface area contributed by atoms with Crippen LogP contribution in [-0.2, 0) is 0 Å². The predicted molar refractivity (Wildman–Crippen MR) is 94.6 cm³/mol. The van der Waals surface area contributed by atoms with Crippen LogP contribution in [0.1, 0.15) is 9.67 Å². The van der Waals surface area contributed by atoms with Gasteiger partial charge in [0.05, 0.1) is 10.4 Å². The number of carbonyl (C=O) groups is 1. The van der Waals surface area contributed by atoms with Crippen LogP contribution in [0.5, 0.6) is 0 Å². The van der Waals surface area contributed by atoms with Crippen molar-refractivity contribution in [3.05, 3.63) is 46.8 Å². The lowest BCUT2D eigenvalue weighted by molar-refractivity contribution is 0.103. The monoisotopic (exact) mass is 345 g/mol. The van der Waals surface area contributed by atoms with Gasteiger partial charge in [-0.2, -0.15) is 0 Å². The summed E-state index contributed by atoms with van der Waals surface area (Å²) in [6.45, 7) is 0. The van der Waals surface area contributed by atoms with E-state index >= 15 is 0 Å². The third-order valence-electron chi connectivity index (χ3n) is 3.31. The maximum atomic E-state index is 12.4. The normalized spacial score (nSPS) is 11.3. The van der Waals surface area contributed by atoms with E-state index in [2.05, 4.69) is 10.3 Å². The number of imidazole rings is 1. The van der Waals surface area contributed by atoms with Crippen LogP contribution >= 0.6 is 34.4 Å². The van der Waals surface area contributed by atoms with Gasteiger partial charge in [0.2, 0.25) is 0 Å². The Morgan fingerprint density at radius 3 is 2.91 bits per heavy atom. The number of thiophene rings is 1. The minimum Gasteiger partial charge on any atom is -0.321 e. The first-order valence-corrected chi connectivity index (χ1v) is 9.47. The highest BCUT2D eigenvalue weighted by Gasteiger charge is 2.15. The third-order valence-corrected chi connectivity index (χ3v) is 5.83. The second kappa shape index (κ2) is 5.42. The first-order valence-electron chi connectivity index (χ1n) is 6.55. The van der Waals surface area contributed by atoms with E-state index < -0.39 is 0 Å². The molecule has 0 aliphatic heterocycles. The van der Waals surface area contributed by atoms with Gasteiger partial charge in [0.1, 0.15) is 4.83 Å². The average molecular weight is 345 g/mol. The van der Waals surface area contributed by atoms with Crippen LogP contribution < -0.4 is 5.32 Å². The van der Waals surface area contributed by atoms with Gasteiger partial charge in [-0.25, -0.2) is 4.98 Å². The fourth-order valence-electron chi connectivity index (χ4n) is 2.23. The van der Waals surface area contributed by atoms with E-state index in [-0.39, 0.29) is 5.91 Å². The van der Waals surface area contributed by atoms with Crippen LogP contribution in [0.3, 0.4) is 0 Å². The summed E-state index contributed by atoms with van der Waals surface area (Å²) in [6, 6.07) is 9.73. The lowest BCUT2D eigenvalue weighted by Gasteiger charge is -2.04.